The van der Waals surface area contributed by atoms with Gasteiger partial charge in [0.05, 0.1) is 11.9 Å². The highest BCUT2D eigenvalue weighted by Crippen LogP contribution is 2.12. The van der Waals surface area contributed by atoms with E-state index < -0.39 is 18.5 Å². The number of ether oxygens (including phenoxy) is 1. The highest BCUT2D eigenvalue weighted by Gasteiger charge is 2.14. The summed E-state index contributed by atoms with van der Waals surface area (Å²) in [6, 6.07) is 6.54. The number of benzene rings is 1. The molecule has 0 radical (unpaired) electrons. The summed E-state index contributed by atoms with van der Waals surface area (Å²) in [4.78, 5) is 45.5. The second-order valence-corrected chi connectivity index (χ2v) is 5.72. The number of nitrogens with zero attached hydrogens (tertiary/aromatic N) is 3. The molecule has 1 aromatic heterocycles. The fourth-order valence-electron chi connectivity index (χ4n) is 2.29. The van der Waals surface area contributed by atoms with Crippen molar-refractivity contribution < 1.29 is 19.1 Å². The molecule has 0 atom stereocenters. The van der Waals surface area contributed by atoms with Crippen molar-refractivity contribution in [3.8, 4) is 0 Å². The van der Waals surface area contributed by atoms with Crippen molar-refractivity contribution in [2.45, 2.75) is 20.8 Å². The minimum absolute atomic E-state index is 0.0349. The van der Waals surface area contributed by atoms with Crippen LogP contribution in [0.5, 0.6) is 0 Å². The fourth-order valence-corrected chi connectivity index (χ4v) is 2.29. The number of nitrogens with one attached hydrogen (secondary N) is 1. The number of aromatic nitrogens is 2. The monoisotopic (exact) mass is 370 g/mol. The van der Waals surface area contributed by atoms with Crippen molar-refractivity contribution in [3.63, 3.8) is 0 Å². The summed E-state index contributed by atoms with van der Waals surface area (Å²) in [5.74, 6) is -1.28. The molecule has 0 aliphatic heterocycles. The summed E-state index contributed by atoms with van der Waals surface area (Å²) in [5.41, 5.74) is 1.75. The van der Waals surface area contributed by atoms with Crippen LogP contribution in [-0.4, -0.2) is 52.3 Å². The van der Waals surface area contributed by atoms with E-state index >= 15 is 0 Å². The smallest absolute Gasteiger partial charge is 0.359 e. The third kappa shape index (κ3) is 5.60. The summed E-state index contributed by atoms with van der Waals surface area (Å²) in [6.45, 7) is 6.39. The average Bonchev–Trinajstić information content (AvgIpc) is 2.68. The molecule has 142 valence electrons. The van der Waals surface area contributed by atoms with Gasteiger partial charge in [0.25, 0.3) is 11.8 Å². The molecule has 1 N–H and O–H groups in total. The van der Waals surface area contributed by atoms with Crippen LogP contribution >= 0.6 is 0 Å². The Bertz CT molecular complexity index is 799. The number of rotatable bonds is 7. The van der Waals surface area contributed by atoms with Crippen LogP contribution in [0.2, 0.25) is 0 Å². The Hall–Kier alpha value is -3.29. The van der Waals surface area contributed by atoms with Crippen LogP contribution in [0.1, 0.15) is 40.4 Å². The van der Waals surface area contributed by atoms with Gasteiger partial charge in [-0.05, 0) is 45.0 Å². The number of amides is 2. The molecule has 0 fully saturated rings. The summed E-state index contributed by atoms with van der Waals surface area (Å²) in [5, 5.41) is 2.60. The van der Waals surface area contributed by atoms with Crippen LogP contribution in [0.15, 0.2) is 36.7 Å². The summed E-state index contributed by atoms with van der Waals surface area (Å²) in [7, 11) is 0. The molecule has 0 aliphatic carbocycles. The summed E-state index contributed by atoms with van der Waals surface area (Å²) >= 11 is 0. The molecule has 2 amide bonds. The van der Waals surface area contributed by atoms with Crippen LogP contribution in [0.4, 0.5) is 5.69 Å². The zero-order valence-electron chi connectivity index (χ0n) is 15.6. The lowest BCUT2D eigenvalue weighted by Gasteiger charge is -2.18. The van der Waals surface area contributed by atoms with Crippen molar-refractivity contribution >= 4 is 23.5 Å². The van der Waals surface area contributed by atoms with Crippen molar-refractivity contribution in [2.24, 2.45) is 0 Å². The lowest BCUT2D eigenvalue weighted by Crippen LogP contribution is -2.30. The zero-order chi connectivity index (χ0) is 19.8. The number of hydrogen-bond acceptors (Lipinski definition) is 6. The van der Waals surface area contributed by atoms with Gasteiger partial charge in [-0.25, -0.2) is 9.78 Å². The maximum absolute atomic E-state index is 12.2. The molecule has 2 rings (SSSR count). The largest absolute Gasteiger partial charge is 0.451 e. The van der Waals surface area contributed by atoms with Crippen LogP contribution in [-0.2, 0) is 9.53 Å². The molecule has 0 spiro atoms. The number of carbonyl (C=O) groups is 3. The Morgan fingerprint density at radius 1 is 1.04 bits per heavy atom. The second kappa shape index (κ2) is 9.42. The molecular weight excluding hydrogens is 348 g/mol. The van der Waals surface area contributed by atoms with Crippen molar-refractivity contribution in [2.75, 3.05) is 25.0 Å². The molecule has 0 aliphatic rings. The number of carbonyl (C=O) groups excluding carboxylic acids is 3. The molecule has 0 bridgehead atoms. The van der Waals surface area contributed by atoms with E-state index in [0.29, 0.717) is 30.0 Å². The van der Waals surface area contributed by atoms with E-state index in [1.165, 1.54) is 12.4 Å². The number of anilines is 1. The minimum Gasteiger partial charge on any atom is -0.451 e. The molecular formula is C19H22N4O4. The van der Waals surface area contributed by atoms with Crippen LogP contribution < -0.4 is 5.32 Å². The van der Waals surface area contributed by atoms with Gasteiger partial charge in [0.1, 0.15) is 0 Å². The normalized spacial score (nSPS) is 10.2. The van der Waals surface area contributed by atoms with Gasteiger partial charge in [0, 0.05) is 30.5 Å². The Labute approximate surface area is 157 Å². The standard InChI is InChI=1S/C19H22N4O4/c1-4-23(5-2)18(25)14-6-8-15(9-7-14)22-17(24)12-27-19(26)16-11-20-13(3)10-21-16/h6-11H,4-5,12H2,1-3H3,(H,22,24). The average molecular weight is 370 g/mol. The molecule has 8 heteroatoms. The highest BCUT2D eigenvalue weighted by molar-refractivity contribution is 5.97. The predicted molar refractivity (Wildman–Crippen MR) is 99.4 cm³/mol. The Kier molecular flexibility index (Phi) is 6.99. The Morgan fingerprint density at radius 2 is 1.70 bits per heavy atom. The van der Waals surface area contributed by atoms with Crippen molar-refractivity contribution in [1.29, 1.82) is 0 Å². The number of aryl methyl sites for hydroxylation is 1. The SMILES string of the molecule is CCN(CC)C(=O)c1ccc(NC(=O)COC(=O)c2cnc(C)cn2)cc1. The molecule has 0 saturated carbocycles. The van der Waals surface area contributed by atoms with Gasteiger partial charge in [-0.15, -0.1) is 0 Å². The molecule has 2 aromatic rings. The van der Waals surface area contributed by atoms with Gasteiger partial charge in [-0.3, -0.25) is 14.6 Å². The van der Waals surface area contributed by atoms with E-state index in [0.717, 1.165) is 0 Å². The van der Waals surface area contributed by atoms with Gasteiger partial charge >= 0.3 is 5.97 Å². The third-order valence-electron chi connectivity index (χ3n) is 3.79. The first-order chi connectivity index (χ1) is 12.9. The quantitative estimate of drug-likeness (QED) is 0.749. The van der Waals surface area contributed by atoms with Crippen molar-refractivity contribution in [1.82, 2.24) is 14.9 Å². The third-order valence-corrected chi connectivity index (χ3v) is 3.79. The van der Waals surface area contributed by atoms with Gasteiger partial charge in [-0.2, -0.15) is 0 Å². The first-order valence-corrected chi connectivity index (χ1v) is 8.59. The number of esters is 1. The summed E-state index contributed by atoms with van der Waals surface area (Å²) < 4.78 is 4.91. The Morgan fingerprint density at radius 3 is 2.26 bits per heavy atom. The van der Waals surface area contributed by atoms with Gasteiger partial charge in [0.15, 0.2) is 12.3 Å². The van der Waals surface area contributed by atoms with E-state index in [4.69, 9.17) is 4.74 Å². The summed E-state index contributed by atoms with van der Waals surface area (Å²) in [6.07, 6.45) is 2.74. The van der Waals surface area contributed by atoms with E-state index in [1.807, 2.05) is 13.8 Å². The fraction of sp³-hybridized carbons (Fsp3) is 0.316. The Balaban J connectivity index is 1.87. The van der Waals surface area contributed by atoms with Crippen LogP contribution in [0, 0.1) is 6.92 Å². The first kappa shape index (κ1) is 20.0. The van der Waals surface area contributed by atoms with E-state index in [2.05, 4.69) is 15.3 Å². The molecule has 27 heavy (non-hydrogen) atoms. The van der Waals surface area contributed by atoms with Crippen LogP contribution in [0.25, 0.3) is 0 Å². The maximum atomic E-state index is 12.2. The van der Waals surface area contributed by atoms with Gasteiger partial charge < -0.3 is 15.0 Å². The number of hydrogen-bond donors (Lipinski definition) is 1. The topological polar surface area (TPSA) is 101 Å². The molecule has 1 heterocycles. The maximum Gasteiger partial charge on any atom is 0.359 e. The van der Waals surface area contributed by atoms with Crippen LogP contribution in [0.3, 0.4) is 0 Å². The molecule has 8 nitrogen and oxygen atoms in total. The van der Waals surface area contributed by atoms with E-state index in [9.17, 15) is 14.4 Å². The molecule has 1 aromatic carbocycles. The highest BCUT2D eigenvalue weighted by atomic mass is 16.5. The molecule has 0 unspecified atom stereocenters. The van der Waals surface area contributed by atoms with Crippen molar-refractivity contribution in [3.05, 3.63) is 53.6 Å². The minimum atomic E-state index is -0.724. The van der Waals surface area contributed by atoms with Gasteiger partial charge in [-0.1, -0.05) is 0 Å². The van der Waals surface area contributed by atoms with Gasteiger partial charge in [0.2, 0.25) is 0 Å². The second-order valence-electron chi connectivity index (χ2n) is 5.72. The first-order valence-electron chi connectivity index (χ1n) is 8.59. The zero-order valence-corrected chi connectivity index (χ0v) is 15.6. The lowest BCUT2D eigenvalue weighted by molar-refractivity contribution is -0.119. The lowest BCUT2D eigenvalue weighted by atomic mass is 10.2. The van der Waals surface area contributed by atoms with E-state index in [-0.39, 0.29) is 11.6 Å². The van der Waals surface area contributed by atoms with E-state index in [1.54, 1.807) is 36.1 Å². The molecule has 0 saturated heterocycles. The predicted octanol–water partition coefficient (Wildman–Crippen LogP) is 2.06.